The molecule has 1 aliphatic heterocycles. The summed E-state index contributed by atoms with van der Waals surface area (Å²) in [7, 11) is -2.57. The molecule has 2 N–H and O–H groups in total. The van der Waals surface area contributed by atoms with Gasteiger partial charge in [-0.2, -0.15) is 4.31 Å². The number of rotatable bonds is 7. The summed E-state index contributed by atoms with van der Waals surface area (Å²) in [5.74, 6) is -1.45. The minimum atomic E-state index is -3.79. The molecule has 32 heavy (non-hydrogen) atoms. The molecule has 0 radical (unpaired) electrons. The molecule has 2 aromatic carbocycles. The summed E-state index contributed by atoms with van der Waals surface area (Å²) < 4.78 is 31.8. The van der Waals surface area contributed by atoms with Crippen molar-refractivity contribution in [1.82, 2.24) is 9.62 Å². The molecular weight excluding hydrogens is 434 g/mol. The first-order valence-electron chi connectivity index (χ1n) is 10.1. The zero-order valence-corrected chi connectivity index (χ0v) is 18.6. The van der Waals surface area contributed by atoms with Crippen LogP contribution in [0, 0.1) is 6.92 Å². The lowest BCUT2D eigenvalue weighted by atomic mass is 10.1. The van der Waals surface area contributed by atoms with E-state index in [1.54, 1.807) is 36.4 Å². The molecule has 170 valence electrons. The number of ether oxygens (including phenoxy) is 1. The smallest absolute Gasteiger partial charge is 0.325 e. The maximum atomic E-state index is 13.0. The summed E-state index contributed by atoms with van der Waals surface area (Å²) in [5, 5.41) is 5.14. The van der Waals surface area contributed by atoms with E-state index in [2.05, 4.69) is 15.4 Å². The Labute approximate surface area is 186 Å². The molecule has 0 saturated carbocycles. The molecule has 0 aromatic heterocycles. The fourth-order valence-corrected chi connectivity index (χ4v) is 5.05. The van der Waals surface area contributed by atoms with E-state index >= 15 is 0 Å². The van der Waals surface area contributed by atoms with Gasteiger partial charge in [0.15, 0.2) is 0 Å². The number of nitrogens with one attached hydrogen (secondary N) is 2. The van der Waals surface area contributed by atoms with E-state index in [9.17, 15) is 22.8 Å². The summed E-state index contributed by atoms with van der Waals surface area (Å²) in [6.07, 6.45) is 1.01. The Bertz CT molecular complexity index is 1100. The van der Waals surface area contributed by atoms with Crippen molar-refractivity contribution in [3.8, 4) is 0 Å². The maximum absolute atomic E-state index is 13.0. The number of nitrogens with zero attached hydrogens (tertiary/aromatic N) is 1. The average Bonchev–Trinajstić information content (AvgIpc) is 3.29. The van der Waals surface area contributed by atoms with Crippen LogP contribution in [0.4, 0.5) is 5.69 Å². The van der Waals surface area contributed by atoms with Crippen molar-refractivity contribution in [2.24, 2.45) is 0 Å². The van der Waals surface area contributed by atoms with Crippen LogP contribution in [-0.2, 0) is 24.3 Å². The van der Waals surface area contributed by atoms with Crippen LogP contribution in [0.1, 0.15) is 28.8 Å². The molecular formula is C22H25N3O6S. The Morgan fingerprint density at radius 1 is 1.06 bits per heavy atom. The van der Waals surface area contributed by atoms with Crippen molar-refractivity contribution in [3.05, 3.63) is 59.7 Å². The predicted molar refractivity (Wildman–Crippen MR) is 118 cm³/mol. The van der Waals surface area contributed by atoms with Gasteiger partial charge in [-0.25, -0.2) is 8.42 Å². The van der Waals surface area contributed by atoms with Gasteiger partial charge in [-0.1, -0.05) is 17.7 Å². The number of hydrogen-bond donors (Lipinski definition) is 2. The number of amides is 2. The van der Waals surface area contributed by atoms with Gasteiger partial charge in [-0.3, -0.25) is 14.4 Å². The van der Waals surface area contributed by atoms with Crippen molar-refractivity contribution < 1.29 is 27.5 Å². The highest BCUT2D eigenvalue weighted by Crippen LogP contribution is 2.27. The molecule has 0 spiro atoms. The van der Waals surface area contributed by atoms with E-state index in [4.69, 9.17) is 0 Å². The van der Waals surface area contributed by atoms with Gasteiger partial charge < -0.3 is 15.4 Å². The van der Waals surface area contributed by atoms with Crippen molar-refractivity contribution >= 4 is 33.5 Å². The third kappa shape index (κ3) is 5.32. The van der Waals surface area contributed by atoms with Crippen LogP contribution in [0.3, 0.4) is 0 Å². The standard InChI is InChI=1S/C22H25N3O6S/c1-15-5-11-18(12-6-15)32(29,30)25-13-3-4-19(25)22(28)24-17-9-7-16(8-10-17)21(27)23-14-20(26)31-2/h5-12,19H,3-4,13-14H2,1-2H3,(H,23,27)(H,24,28)/t19-/m0/s1. The van der Waals surface area contributed by atoms with Crippen molar-refractivity contribution in [2.75, 3.05) is 25.5 Å². The highest BCUT2D eigenvalue weighted by molar-refractivity contribution is 7.89. The number of hydrogen-bond acceptors (Lipinski definition) is 6. The van der Waals surface area contributed by atoms with Crippen LogP contribution in [-0.4, -0.2) is 56.7 Å². The molecule has 0 bridgehead atoms. The average molecular weight is 460 g/mol. The lowest BCUT2D eigenvalue weighted by Crippen LogP contribution is -2.43. The Kier molecular flexibility index (Phi) is 7.26. The number of methoxy groups -OCH3 is 1. The molecule has 1 aliphatic rings. The summed E-state index contributed by atoms with van der Waals surface area (Å²) in [6.45, 7) is 1.89. The number of esters is 1. The zero-order chi connectivity index (χ0) is 23.3. The Balaban J connectivity index is 1.66. The molecule has 1 heterocycles. The topological polar surface area (TPSA) is 122 Å². The van der Waals surface area contributed by atoms with Crippen molar-refractivity contribution in [2.45, 2.75) is 30.7 Å². The van der Waals surface area contributed by atoms with Crippen LogP contribution < -0.4 is 10.6 Å². The van der Waals surface area contributed by atoms with Crippen LogP contribution in [0.5, 0.6) is 0 Å². The van der Waals surface area contributed by atoms with Gasteiger partial charge in [0.05, 0.1) is 12.0 Å². The largest absolute Gasteiger partial charge is 0.468 e. The van der Waals surface area contributed by atoms with Gasteiger partial charge in [0, 0.05) is 17.8 Å². The highest BCUT2D eigenvalue weighted by Gasteiger charge is 2.39. The summed E-state index contributed by atoms with van der Waals surface area (Å²) >= 11 is 0. The van der Waals surface area contributed by atoms with Crippen molar-refractivity contribution in [3.63, 3.8) is 0 Å². The minimum Gasteiger partial charge on any atom is -0.468 e. The van der Waals surface area contributed by atoms with E-state index in [-0.39, 0.29) is 18.0 Å². The molecule has 1 atom stereocenters. The number of carbonyl (C=O) groups excluding carboxylic acids is 3. The lowest BCUT2D eigenvalue weighted by Gasteiger charge is -2.23. The Morgan fingerprint density at radius 3 is 2.34 bits per heavy atom. The maximum Gasteiger partial charge on any atom is 0.325 e. The SMILES string of the molecule is COC(=O)CNC(=O)c1ccc(NC(=O)[C@@H]2CCCN2S(=O)(=O)c2ccc(C)cc2)cc1. The molecule has 3 rings (SSSR count). The Morgan fingerprint density at radius 2 is 1.72 bits per heavy atom. The minimum absolute atomic E-state index is 0.158. The van der Waals surface area contributed by atoms with Gasteiger partial charge >= 0.3 is 5.97 Å². The van der Waals surface area contributed by atoms with Crippen LogP contribution in [0.15, 0.2) is 53.4 Å². The highest BCUT2D eigenvalue weighted by atomic mass is 32.2. The number of sulfonamides is 1. The molecule has 1 saturated heterocycles. The zero-order valence-electron chi connectivity index (χ0n) is 17.8. The fraction of sp³-hybridized carbons (Fsp3) is 0.318. The molecule has 0 unspecified atom stereocenters. The Hall–Kier alpha value is -3.24. The van der Waals surface area contributed by atoms with Gasteiger partial charge in [-0.15, -0.1) is 0 Å². The monoisotopic (exact) mass is 459 g/mol. The summed E-state index contributed by atoms with van der Waals surface area (Å²) in [6, 6.07) is 11.8. The van der Waals surface area contributed by atoms with Gasteiger partial charge in [0.1, 0.15) is 12.6 Å². The number of benzene rings is 2. The summed E-state index contributed by atoms with van der Waals surface area (Å²) in [4.78, 5) is 36.2. The van der Waals surface area contributed by atoms with Crippen LogP contribution in [0.25, 0.3) is 0 Å². The molecule has 10 heteroatoms. The number of anilines is 1. The van der Waals surface area contributed by atoms with Crippen LogP contribution >= 0.6 is 0 Å². The molecule has 2 amide bonds. The third-order valence-electron chi connectivity index (χ3n) is 5.17. The van der Waals surface area contributed by atoms with E-state index in [1.165, 1.54) is 23.5 Å². The van der Waals surface area contributed by atoms with Gasteiger partial charge in [-0.05, 0) is 56.2 Å². The van der Waals surface area contributed by atoms with Crippen molar-refractivity contribution in [1.29, 1.82) is 0 Å². The quantitative estimate of drug-likeness (QED) is 0.608. The second-order valence-electron chi connectivity index (χ2n) is 7.41. The van der Waals surface area contributed by atoms with Crippen LogP contribution in [0.2, 0.25) is 0 Å². The van der Waals surface area contributed by atoms with Gasteiger partial charge in [0.25, 0.3) is 5.91 Å². The molecule has 2 aromatic rings. The normalized spacial score (nSPS) is 16.4. The van der Waals surface area contributed by atoms with E-state index in [0.29, 0.717) is 24.1 Å². The third-order valence-corrected chi connectivity index (χ3v) is 7.09. The number of carbonyl (C=O) groups is 3. The number of aryl methyl sites for hydroxylation is 1. The second kappa shape index (κ2) is 9.92. The predicted octanol–water partition coefficient (Wildman–Crippen LogP) is 1.69. The summed E-state index contributed by atoms with van der Waals surface area (Å²) in [5.41, 5.74) is 1.68. The fourth-order valence-electron chi connectivity index (χ4n) is 3.39. The lowest BCUT2D eigenvalue weighted by molar-refractivity contribution is -0.139. The first kappa shape index (κ1) is 23.4. The van der Waals surface area contributed by atoms with E-state index < -0.39 is 33.8 Å². The molecule has 0 aliphatic carbocycles. The second-order valence-corrected chi connectivity index (χ2v) is 9.30. The van der Waals surface area contributed by atoms with E-state index in [0.717, 1.165) is 5.56 Å². The van der Waals surface area contributed by atoms with E-state index in [1.807, 2.05) is 6.92 Å². The molecule has 1 fully saturated rings. The first-order chi connectivity index (χ1) is 15.2. The first-order valence-corrected chi connectivity index (χ1v) is 11.5. The van der Waals surface area contributed by atoms with Gasteiger partial charge in [0.2, 0.25) is 15.9 Å². The molecule has 9 nitrogen and oxygen atoms in total.